The van der Waals surface area contributed by atoms with Gasteiger partial charge in [0.1, 0.15) is 11.5 Å². The van der Waals surface area contributed by atoms with Crippen molar-refractivity contribution in [3.05, 3.63) is 40.8 Å². The molecule has 14 heavy (non-hydrogen) atoms. The molecular formula is C10H11N3O. The molecule has 0 spiro atoms. The molecule has 0 saturated carbocycles. The lowest BCUT2D eigenvalue weighted by Gasteiger charge is -2.11. The first kappa shape index (κ1) is 8.74. The average molecular weight is 189 g/mol. The summed E-state index contributed by atoms with van der Waals surface area (Å²) in [6.45, 7) is 0. The van der Waals surface area contributed by atoms with Gasteiger partial charge in [-0.3, -0.25) is 9.20 Å². The number of hydrogen-bond donors (Lipinski definition) is 0. The van der Waals surface area contributed by atoms with E-state index in [0.29, 0.717) is 11.5 Å². The molecule has 4 heteroatoms. The van der Waals surface area contributed by atoms with Crippen molar-refractivity contribution < 1.29 is 0 Å². The van der Waals surface area contributed by atoms with Gasteiger partial charge in [-0.2, -0.15) is 0 Å². The standard InChI is InChI=1S/C10H11N3O/c1-12(2)9-7-10(14)13-6-4-3-5-8(13)11-9/h3-7H,1-2H3. The summed E-state index contributed by atoms with van der Waals surface area (Å²) < 4.78 is 1.52. The molecule has 2 rings (SSSR count). The minimum atomic E-state index is -0.0562. The highest BCUT2D eigenvalue weighted by atomic mass is 16.1. The molecule has 4 nitrogen and oxygen atoms in total. The zero-order valence-corrected chi connectivity index (χ0v) is 8.14. The van der Waals surface area contributed by atoms with Crippen LogP contribution in [0, 0.1) is 0 Å². The molecule has 0 aliphatic rings. The van der Waals surface area contributed by atoms with Crippen molar-refractivity contribution in [2.45, 2.75) is 0 Å². The Labute approximate surface area is 81.4 Å². The largest absolute Gasteiger partial charge is 0.363 e. The molecule has 0 saturated heterocycles. The van der Waals surface area contributed by atoms with Gasteiger partial charge >= 0.3 is 0 Å². The topological polar surface area (TPSA) is 37.6 Å². The van der Waals surface area contributed by atoms with Crippen LogP contribution in [0.15, 0.2) is 35.3 Å². The lowest BCUT2D eigenvalue weighted by Crippen LogP contribution is -2.19. The Bertz CT molecular complexity index is 516. The summed E-state index contributed by atoms with van der Waals surface area (Å²) in [5.41, 5.74) is 0.614. The van der Waals surface area contributed by atoms with Crippen LogP contribution < -0.4 is 10.5 Å². The van der Waals surface area contributed by atoms with Crippen LogP contribution in [0.3, 0.4) is 0 Å². The number of anilines is 1. The highest BCUT2D eigenvalue weighted by molar-refractivity contribution is 5.46. The van der Waals surface area contributed by atoms with E-state index in [-0.39, 0.29) is 5.56 Å². The van der Waals surface area contributed by atoms with Crippen LogP contribution in [0.2, 0.25) is 0 Å². The third kappa shape index (κ3) is 1.35. The number of rotatable bonds is 1. The molecule has 0 unspecified atom stereocenters. The molecule has 0 N–H and O–H groups in total. The van der Waals surface area contributed by atoms with Gasteiger partial charge in [-0.15, -0.1) is 0 Å². The fourth-order valence-corrected chi connectivity index (χ4v) is 1.27. The first-order valence-corrected chi connectivity index (χ1v) is 4.34. The second-order valence-electron chi connectivity index (χ2n) is 3.28. The molecule has 0 fully saturated rings. The van der Waals surface area contributed by atoms with E-state index in [1.54, 1.807) is 6.20 Å². The quantitative estimate of drug-likeness (QED) is 0.664. The molecule has 0 aliphatic heterocycles. The summed E-state index contributed by atoms with van der Waals surface area (Å²) >= 11 is 0. The van der Waals surface area contributed by atoms with E-state index in [0.717, 1.165) is 0 Å². The maximum atomic E-state index is 11.6. The molecule has 2 aromatic heterocycles. The van der Waals surface area contributed by atoms with E-state index in [4.69, 9.17) is 0 Å². The van der Waals surface area contributed by atoms with Gasteiger partial charge in [-0.25, -0.2) is 4.98 Å². The fraction of sp³-hybridized carbons (Fsp3) is 0.200. The molecule has 72 valence electrons. The van der Waals surface area contributed by atoms with Crippen molar-refractivity contribution in [2.75, 3.05) is 19.0 Å². The van der Waals surface area contributed by atoms with Gasteiger partial charge in [-0.05, 0) is 12.1 Å². The van der Waals surface area contributed by atoms with Crippen LogP contribution in [0.4, 0.5) is 5.82 Å². The Morgan fingerprint density at radius 3 is 2.86 bits per heavy atom. The maximum Gasteiger partial charge on any atom is 0.259 e. The van der Waals surface area contributed by atoms with E-state index < -0.39 is 0 Å². The first-order valence-electron chi connectivity index (χ1n) is 4.34. The zero-order chi connectivity index (χ0) is 10.1. The minimum Gasteiger partial charge on any atom is -0.363 e. The summed E-state index contributed by atoms with van der Waals surface area (Å²) in [7, 11) is 3.72. The predicted molar refractivity (Wildman–Crippen MR) is 55.8 cm³/mol. The SMILES string of the molecule is CN(C)c1cc(=O)n2ccccc2n1. The Morgan fingerprint density at radius 1 is 1.36 bits per heavy atom. The van der Waals surface area contributed by atoms with Gasteiger partial charge in [0.2, 0.25) is 0 Å². The zero-order valence-electron chi connectivity index (χ0n) is 8.14. The summed E-state index contributed by atoms with van der Waals surface area (Å²) in [6.07, 6.45) is 1.71. The van der Waals surface area contributed by atoms with Crippen LogP contribution in [-0.4, -0.2) is 23.5 Å². The molecule has 2 aromatic rings. The highest BCUT2D eigenvalue weighted by Gasteiger charge is 2.01. The third-order valence-corrected chi connectivity index (χ3v) is 2.02. The summed E-state index contributed by atoms with van der Waals surface area (Å²) in [4.78, 5) is 17.7. The number of pyridine rings is 1. The van der Waals surface area contributed by atoms with Crippen molar-refractivity contribution in [2.24, 2.45) is 0 Å². The van der Waals surface area contributed by atoms with Gasteiger partial charge in [0.25, 0.3) is 5.56 Å². The molecule has 0 bridgehead atoms. The highest BCUT2D eigenvalue weighted by Crippen LogP contribution is 2.05. The normalized spacial score (nSPS) is 10.4. The molecule has 0 radical (unpaired) electrons. The third-order valence-electron chi connectivity index (χ3n) is 2.02. The van der Waals surface area contributed by atoms with Crippen LogP contribution in [0.5, 0.6) is 0 Å². The number of fused-ring (bicyclic) bond motifs is 1. The Balaban J connectivity index is 2.79. The van der Waals surface area contributed by atoms with Crippen molar-refractivity contribution in [1.29, 1.82) is 0 Å². The van der Waals surface area contributed by atoms with Crippen molar-refractivity contribution in [3.8, 4) is 0 Å². The molecule has 2 heterocycles. The molecular weight excluding hydrogens is 178 g/mol. The second kappa shape index (κ2) is 3.14. The first-order chi connectivity index (χ1) is 6.68. The molecule has 0 aliphatic carbocycles. The average Bonchev–Trinajstić information content (AvgIpc) is 2.17. The van der Waals surface area contributed by atoms with Crippen LogP contribution in [0.25, 0.3) is 5.65 Å². The van der Waals surface area contributed by atoms with Crippen LogP contribution >= 0.6 is 0 Å². The molecule has 0 atom stereocenters. The van der Waals surface area contributed by atoms with Gasteiger partial charge in [0, 0.05) is 26.4 Å². The molecule has 0 amide bonds. The van der Waals surface area contributed by atoms with Gasteiger partial charge in [0.05, 0.1) is 0 Å². The van der Waals surface area contributed by atoms with E-state index in [1.165, 1.54) is 10.5 Å². The van der Waals surface area contributed by atoms with E-state index >= 15 is 0 Å². The van der Waals surface area contributed by atoms with Crippen LogP contribution in [0.1, 0.15) is 0 Å². The smallest absolute Gasteiger partial charge is 0.259 e. The lowest BCUT2D eigenvalue weighted by atomic mass is 10.4. The number of nitrogens with zero attached hydrogens (tertiary/aromatic N) is 3. The Kier molecular flexibility index (Phi) is 1.96. The van der Waals surface area contributed by atoms with Gasteiger partial charge in [0.15, 0.2) is 0 Å². The van der Waals surface area contributed by atoms with E-state index in [1.807, 2.05) is 37.2 Å². The van der Waals surface area contributed by atoms with Gasteiger partial charge < -0.3 is 4.90 Å². The maximum absolute atomic E-state index is 11.6. The summed E-state index contributed by atoms with van der Waals surface area (Å²) in [5.74, 6) is 0.682. The second-order valence-corrected chi connectivity index (χ2v) is 3.28. The predicted octanol–water partition coefficient (Wildman–Crippen LogP) is 0.760. The number of hydrogen-bond acceptors (Lipinski definition) is 3. The van der Waals surface area contributed by atoms with Crippen LogP contribution in [-0.2, 0) is 0 Å². The fourth-order valence-electron chi connectivity index (χ4n) is 1.27. The molecule has 0 aromatic carbocycles. The van der Waals surface area contributed by atoms with Crippen molar-refractivity contribution in [3.63, 3.8) is 0 Å². The monoisotopic (exact) mass is 189 g/mol. The Morgan fingerprint density at radius 2 is 2.14 bits per heavy atom. The summed E-state index contributed by atoms with van der Waals surface area (Å²) in [6, 6.07) is 7.01. The van der Waals surface area contributed by atoms with E-state index in [9.17, 15) is 4.79 Å². The minimum absolute atomic E-state index is 0.0562. The van der Waals surface area contributed by atoms with E-state index in [2.05, 4.69) is 4.98 Å². The van der Waals surface area contributed by atoms with Gasteiger partial charge in [-0.1, -0.05) is 6.07 Å². The lowest BCUT2D eigenvalue weighted by molar-refractivity contribution is 0.998. The Hall–Kier alpha value is -1.84. The number of aromatic nitrogens is 2. The van der Waals surface area contributed by atoms with Crippen molar-refractivity contribution >= 4 is 11.5 Å². The summed E-state index contributed by atoms with van der Waals surface area (Å²) in [5, 5.41) is 0. The van der Waals surface area contributed by atoms with Crippen molar-refractivity contribution in [1.82, 2.24) is 9.38 Å².